The molecule has 51 heavy (non-hydrogen) atoms. The Balaban J connectivity index is 0.886. The van der Waals surface area contributed by atoms with Crippen LogP contribution in [-0.2, 0) is 9.59 Å². The van der Waals surface area contributed by atoms with Gasteiger partial charge in [0.25, 0.3) is 11.8 Å². The predicted octanol–water partition coefficient (Wildman–Crippen LogP) is 3.97. The van der Waals surface area contributed by atoms with E-state index in [0.717, 1.165) is 52.9 Å². The lowest BCUT2D eigenvalue weighted by atomic mass is 10.0. The van der Waals surface area contributed by atoms with E-state index in [-0.39, 0.29) is 41.9 Å². The molecule has 14 heteroatoms. The standard InChI is InChI=1S/C37H32FN9O4/c38-22-5-1-4-21(16-22)28-7-3-15-45(28)33-13-12-31-39-18-30(47(31)43-33)27-6-2-8-32(41-27)44-19-24(20-44)40-23-9-10-25-26(17-23)37(51)46(36(25)50)29-11-14-34(48)42-35(29)49/h1-2,4-6,8-10,12-13,16-18,24,28-29,40H,3,7,11,14-15,19-20H2,(H,42,48,49)/t28-,29?/m1/s1. The van der Waals surface area contributed by atoms with E-state index in [2.05, 4.69) is 25.4 Å². The number of imide groups is 2. The van der Waals surface area contributed by atoms with E-state index in [0.29, 0.717) is 24.4 Å². The van der Waals surface area contributed by atoms with E-state index in [1.165, 1.54) is 6.07 Å². The van der Waals surface area contributed by atoms with E-state index in [1.807, 2.05) is 40.9 Å². The fourth-order valence-corrected chi connectivity index (χ4v) is 7.59. The molecule has 9 rings (SSSR count). The number of carbonyl (C=O) groups excluding carboxylic acids is 4. The molecule has 5 aromatic rings. The smallest absolute Gasteiger partial charge is 0.262 e. The molecule has 3 fully saturated rings. The molecule has 0 radical (unpaired) electrons. The SMILES string of the molecule is O=C1CCC(N2C(=O)c3ccc(NC4CN(c5cccc(-c6cnc7ccc(N8CCC[C@@H]8c8cccc(F)c8)nn67)n5)C4)cc3C2=O)C(=O)N1. The van der Waals surface area contributed by atoms with Gasteiger partial charge in [-0.25, -0.2) is 18.9 Å². The van der Waals surface area contributed by atoms with Gasteiger partial charge in [-0.05, 0) is 79.4 Å². The zero-order valence-corrected chi connectivity index (χ0v) is 27.3. The van der Waals surface area contributed by atoms with Crippen LogP contribution in [0, 0.1) is 5.82 Å². The van der Waals surface area contributed by atoms with Crippen molar-refractivity contribution < 1.29 is 23.6 Å². The van der Waals surface area contributed by atoms with Crippen molar-refractivity contribution in [1.29, 1.82) is 0 Å². The molecule has 2 N–H and O–H groups in total. The van der Waals surface area contributed by atoms with Gasteiger partial charge in [0.05, 0.1) is 35.1 Å². The largest absolute Gasteiger partial charge is 0.379 e. The highest BCUT2D eigenvalue weighted by atomic mass is 19.1. The Bertz CT molecular complexity index is 2270. The average Bonchev–Trinajstić information content (AvgIpc) is 3.83. The van der Waals surface area contributed by atoms with Gasteiger partial charge >= 0.3 is 0 Å². The number of amides is 4. The van der Waals surface area contributed by atoms with Crippen molar-refractivity contribution in [2.75, 3.05) is 34.8 Å². The fourth-order valence-electron chi connectivity index (χ4n) is 7.59. The van der Waals surface area contributed by atoms with Crippen LogP contribution in [0.15, 0.2) is 79.0 Å². The van der Waals surface area contributed by atoms with Gasteiger partial charge in [-0.3, -0.25) is 29.4 Å². The number of hydrogen-bond donors (Lipinski definition) is 2. The Hall–Kier alpha value is -6.18. The van der Waals surface area contributed by atoms with E-state index < -0.39 is 29.7 Å². The number of halogens is 1. The average molecular weight is 686 g/mol. The predicted molar refractivity (Wildman–Crippen MR) is 185 cm³/mol. The molecule has 1 unspecified atom stereocenters. The highest BCUT2D eigenvalue weighted by molar-refractivity contribution is 6.23. The minimum Gasteiger partial charge on any atom is -0.379 e. The lowest BCUT2D eigenvalue weighted by Gasteiger charge is -2.41. The Labute approximate surface area is 291 Å². The van der Waals surface area contributed by atoms with Crippen LogP contribution in [0.1, 0.15) is 58.0 Å². The number of pyridine rings is 1. The zero-order chi connectivity index (χ0) is 34.8. The van der Waals surface area contributed by atoms with Crippen LogP contribution >= 0.6 is 0 Å². The first-order chi connectivity index (χ1) is 24.8. The van der Waals surface area contributed by atoms with Crippen molar-refractivity contribution in [3.8, 4) is 11.4 Å². The van der Waals surface area contributed by atoms with Gasteiger partial charge in [-0.15, -0.1) is 5.10 Å². The molecule has 4 aliphatic rings. The monoisotopic (exact) mass is 685 g/mol. The van der Waals surface area contributed by atoms with Crippen LogP contribution in [0.5, 0.6) is 0 Å². The number of anilines is 3. The number of imidazole rings is 1. The second-order valence-electron chi connectivity index (χ2n) is 13.3. The van der Waals surface area contributed by atoms with E-state index in [1.54, 1.807) is 36.5 Å². The molecule has 2 aromatic carbocycles. The summed E-state index contributed by atoms with van der Waals surface area (Å²) in [4.78, 5) is 65.1. The number of hydrogen-bond acceptors (Lipinski definition) is 10. The first-order valence-electron chi connectivity index (χ1n) is 17.0. The maximum Gasteiger partial charge on any atom is 0.262 e. The lowest BCUT2D eigenvalue weighted by molar-refractivity contribution is -0.136. The van der Waals surface area contributed by atoms with Gasteiger partial charge in [-0.2, -0.15) is 0 Å². The van der Waals surface area contributed by atoms with Crippen molar-refractivity contribution in [3.63, 3.8) is 0 Å². The third kappa shape index (κ3) is 5.34. The molecule has 256 valence electrons. The van der Waals surface area contributed by atoms with E-state index in [9.17, 15) is 23.6 Å². The minimum absolute atomic E-state index is 0.0411. The van der Waals surface area contributed by atoms with Gasteiger partial charge < -0.3 is 15.1 Å². The summed E-state index contributed by atoms with van der Waals surface area (Å²) < 4.78 is 15.9. The molecule has 0 aliphatic carbocycles. The summed E-state index contributed by atoms with van der Waals surface area (Å²) in [6.45, 7) is 2.14. The quantitative estimate of drug-likeness (QED) is 0.242. The topological polar surface area (TPSA) is 145 Å². The summed E-state index contributed by atoms with van der Waals surface area (Å²) in [7, 11) is 0. The van der Waals surface area contributed by atoms with Crippen LogP contribution in [0.3, 0.4) is 0 Å². The third-order valence-corrected chi connectivity index (χ3v) is 10.1. The van der Waals surface area contributed by atoms with Crippen molar-refractivity contribution in [1.82, 2.24) is 29.8 Å². The molecule has 3 saturated heterocycles. The van der Waals surface area contributed by atoms with Crippen molar-refractivity contribution >= 4 is 46.6 Å². The number of benzene rings is 2. The molecule has 2 atom stereocenters. The van der Waals surface area contributed by atoms with Gasteiger partial charge in [0.15, 0.2) is 5.65 Å². The summed E-state index contributed by atoms with van der Waals surface area (Å²) in [6, 6.07) is 20.6. The number of nitrogens with one attached hydrogen (secondary N) is 2. The fraction of sp³-hybridized carbons (Fsp3) is 0.270. The number of fused-ring (bicyclic) bond motifs is 2. The van der Waals surface area contributed by atoms with Gasteiger partial charge in [0.2, 0.25) is 11.8 Å². The molecular formula is C37H32FN9O4. The van der Waals surface area contributed by atoms with Crippen LogP contribution in [0.2, 0.25) is 0 Å². The maximum absolute atomic E-state index is 14.0. The lowest BCUT2D eigenvalue weighted by Crippen LogP contribution is -2.55. The van der Waals surface area contributed by atoms with Gasteiger partial charge in [-0.1, -0.05) is 18.2 Å². The maximum atomic E-state index is 14.0. The summed E-state index contributed by atoms with van der Waals surface area (Å²) in [5.41, 5.74) is 4.29. The molecule has 4 amide bonds. The first kappa shape index (κ1) is 30.8. The molecule has 7 heterocycles. The number of aromatic nitrogens is 4. The Morgan fingerprint density at radius 3 is 2.53 bits per heavy atom. The molecule has 0 bridgehead atoms. The second-order valence-corrected chi connectivity index (χ2v) is 13.3. The Morgan fingerprint density at radius 1 is 0.843 bits per heavy atom. The summed E-state index contributed by atoms with van der Waals surface area (Å²) in [6.07, 6.45) is 3.86. The van der Waals surface area contributed by atoms with Gasteiger partial charge in [0, 0.05) is 31.7 Å². The van der Waals surface area contributed by atoms with E-state index >= 15 is 0 Å². The van der Waals surface area contributed by atoms with E-state index in [4.69, 9.17) is 10.1 Å². The number of piperidine rings is 1. The van der Waals surface area contributed by atoms with Crippen LogP contribution in [0.25, 0.3) is 17.0 Å². The summed E-state index contributed by atoms with van der Waals surface area (Å²) in [5.74, 6) is -0.755. The zero-order valence-electron chi connectivity index (χ0n) is 27.3. The van der Waals surface area contributed by atoms with Gasteiger partial charge in [0.1, 0.15) is 29.2 Å². The molecule has 3 aromatic heterocycles. The Kier molecular flexibility index (Phi) is 7.26. The number of nitrogens with zero attached hydrogens (tertiary/aromatic N) is 7. The molecule has 0 saturated carbocycles. The molecule has 4 aliphatic heterocycles. The molecule has 13 nitrogen and oxygen atoms in total. The Morgan fingerprint density at radius 2 is 1.69 bits per heavy atom. The molecule has 0 spiro atoms. The third-order valence-electron chi connectivity index (χ3n) is 10.1. The van der Waals surface area contributed by atoms with Crippen molar-refractivity contribution in [2.24, 2.45) is 0 Å². The van der Waals surface area contributed by atoms with Crippen LogP contribution in [0.4, 0.5) is 21.7 Å². The summed E-state index contributed by atoms with van der Waals surface area (Å²) in [5, 5.41) is 10.6. The van der Waals surface area contributed by atoms with Crippen molar-refractivity contribution in [2.45, 2.75) is 43.8 Å². The normalized spacial score (nSPS) is 20.6. The highest BCUT2D eigenvalue weighted by Gasteiger charge is 2.44. The first-order valence-corrected chi connectivity index (χ1v) is 17.0. The molecular weight excluding hydrogens is 653 g/mol. The van der Waals surface area contributed by atoms with Crippen molar-refractivity contribution in [3.05, 3.63) is 102 Å². The second kappa shape index (κ2) is 12.0. The summed E-state index contributed by atoms with van der Waals surface area (Å²) >= 11 is 0. The highest BCUT2D eigenvalue weighted by Crippen LogP contribution is 2.36. The number of rotatable bonds is 7. The number of carbonyl (C=O) groups is 4. The van der Waals surface area contributed by atoms with Crippen LogP contribution in [-0.4, -0.2) is 79.8 Å². The van der Waals surface area contributed by atoms with Crippen LogP contribution < -0.4 is 20.4 Å². The minimum atomic E-state index is -1.00.